The van der Waals surface area contributed by atoms with Crippen molar-refractivity contribution in [2.75, 3.05) is 0 Å². The van der Waals surface area contributed by atoms with Crippen LogP contribution in [0.2, 0.25) is 0 Å². The molecule has 19 heteroatoms. The minimum atomic E-state index is -2.91. The Morgan fingerprint density at radius 3 is 1.69 bits per heavy atom. The summed E-state index contributed by atoms with van der Waals surface area (Å²) >= 11 is 3.04. The van der Waals surface area contributed by atoms with Crippen LogP contribution in [0.15, 0.2) is 91.5 Å². The lowest BCUT2D eigenvalue weighted by Crippen LogP contribution is -2.19. The number of hydrogen-bond donors (Lipinski definition) is 1. The first-order valence-electron chi connectivity index (χ1n) is 13.4. The average molecular weight is 759 g/mol. The van der Waals surface area contributed by atoms with E-state index >= 15 is 0 Å². The van der Waals surface area contributed by atoms with Gasteiger partial charge in [-0.05, 0) is 48.5 Å². The molecule has 49 heavy (non-hydrogen) atoms. The maximum Gasteiger partial charge on any atom is 0.314 e. The molecule has 6 rings (SSSR count). The summed E-state index contributed by atoms with van der Waals surface area (Å²) in [6, 6.07) is 11.4. The van der Waals surface area contributed by atoms with Gasteiger partial charge in [0.05, 0.1) is 6.54 Å². The Kier molecular flexibility index (Phi) is 12.3. The van der Waals surface area contributed by atoms with Crippen LogP contribution in [0, 0.1) is 23.3 Å². The smallest absolute Gasteiger partial charge is 0.314 e. The van der Waals surface area contributed by atoms with E-state index in [1.165, 1.54) is 36.7 Å². The fourth-order valence-electron chi connectivity index (χ4n) is 3.72. The number of rotatable bonds is 7. The minimum Gasteiger partial charge on any atom is -0.415 e. The zero-order chi connectivity index (χ0) is 35.7. The number of benzene rings is 2. The molecule has 6 aromatic rings. The van der Waals surface area contributed by atoms with Crippen LogP contribution in [-0.2, 0) is 11.9 Å². The van der Waals surface area contributed by atoms with E-state index in [4.69, 9.17) is 4.42 Å². The molecule has 4 heterocycles. The molecule has 2 aromatic carbocycles. The molecule has 0 amide bonds. The monoisotopic (exact) mass is 758 g/mol. The number of H-pyrrole nitrogens is 1. The van der Waals surface area contributed by atoms with E-state index in [0.29, 0.717) is 16.5 Å². The second-order valence-corrected chi connectivity index (χ2v) is 9.98. The van der Waals surface area contributed by atoms with Gasteiger partial charge in [0.1, 0.15) is 23.3 Å². The SMILES string of the molecule is Fc1ccc(F)c(CBr)c1.O=c1cc(-c2nnc(C(F)F)o2)cc[nH]1.O=c1cc(-c2nnc(C(F)F)o2)ccn1Cc1cc(F)ccc1F. The van der Waals surface area contributed by atoms with E-state index < -0.39 is 47.6 Å². The van der Waals surface area contributed by atoms with Gasteiger partial charge in [0.15, 0.2) is 0 Å². The Labute approximate surface area is 277 Å². The third-order valence-electron chi connectivity index (χ3n) is 6.02. The van der Waals surface area contributed by atoms with Crippen molar-refractivity contribution in [3.8, 4) is 22.9 Å². The molecule has 256 valence electrons. The highest BCUT2D eigenvalue weighted by atomic mass is 79.9. The zero-order valence-corrected chi connectivity index (χ0v) is 25.9. The van der Waals surface area contributed by atoms with E-state index in [0.717, 1.165) is 41.0 Å². The molecule has 0 saturated carbocycles. The van der Waals surface area contributed by atoms with Crippen LogP contribution >= 0.6 is 15.9 Å². The van der Waals surface area contributed by atoms with Gasteiger partial charge < -0.3 is 18.4 Å². The van der Waals surface area contributed by atoms with Crippen molar-refractivity contribution < 1.29 is 44.0 Å². The normalized spacial score (nSPS) is 10.8. The Hall–Kier alpha value is -5.46. The molecular formula is C30H19BrF8N6O4. The Morgan fingerprint density at radius 2 is 1.22 bits per heavy atom. The van der Waals surface area contributed by atoms with Gasteiger partial charge in [-0.25, -0.2) is 17.6 Å². The third-order valence-corrected chi connectivity index (χ3v) is 6.62. The number of aromatic amines is 1. The van der Waals surface area contributed by atoms with Crippen molar-refractivity contribution in [3.05, 3.63) is 140 Å². The van der Waals surface area contributed by atoms with E-state index in [9.17, 15) is 44.7 Å². The first-order chi connectivity index (χ1) is 23.3. The summed E-state index contributed by atoms with van der Waals surface area (Å²) in [6.45, 7) is -0.186. The number of nitrogens with zero attached hydrogens (tertiary/aromatic N) is 5. The molecule has 0 radical (unpaired) electrons. The Bertz CT molecular complexity index is 2140. The van der Waals surface area contributed by atoms with Gasteiger partial charge in [0.2, 0.25) is 17.3 Å². The highest BCUT2D eigenvalue weighted by molar-refractivity contribution is 9.08. The van der Waals surface area contributed by atoms with Crippen LogP contribution in [-0.4, -0.2) is 29.9 Å². The van der Waals surface area contributed by atoms with Crippen molar-refractivity contribution in [1.29, 1.82) is 0 Å². The summed E-state index contributed by atoms with van der Waals surface area (Å²) in [6.07, 6.45) is -3.06. The lowest BCUT2D eigenvalue weighted by molar-refractivity contribution is 0.115. The first-order valence-corrected chi connectivity index (χ1v) is 14.5. The highest BCUT2D eigenvalue weighted by Crippen LogP contribution is 2.23. The number of hydrogen-bond acceptors (Lipinski definition) is 8. The van der Waals surface area contributed by atoms with Gasteiger partial charge in [-0.15, -0.1) is 20.4 Å². The van der Waals surface area contributed by atoms with Gasteiger partial charge in [0, 0.05) is 52.1 Å². The summed E-state index contributed by atoms with van der Waals surface area (Å²) < 4.78 is 111. The average Bonchev–Trinajstić information content (AvgIpc) is 3.77. The maximum atomic E-state index is 13.6. The molecule has 0 unspecified atom stereocenters. The molecule has 0 aliphatic heterocycles. The fourth-order valence-corrected chi connectivity index (χ4v) is 4.15. The van der Waals surface area contributed by atoms with Gasteiger partial charge in [-0.1, -0.05) is 15.9 Å². The highest BCUT2D eigenvalue weighted by Gasteiger charge is 2.18. The molecular weight excluding hydrogens is 740 g/mol. The largest absolute Gasteiger partial charge is 0.415 e. The topological polar surface area (TPSA) is 133 Å². The van der Waals surface area contributed by atoms with Gasteiger partial charge in [-0.3, -0.25) is 9.59 Å². The standard InChI is InChI=1S/C15H9F4N3O2.C8H5F2N3O2.C7H5BrF2/c16-10-1-2-11(17)9(5-10)7-22-4-3-8(6-12(22)23)14-20-21-15(24-14)13(18)19;9-6(10)8-13-12-7(15-8)4-1-2-11-5(14)3-4;8-4-5-3-6(9)1-2-7(5)10/h1-6,13H,7H2;1-3,6H,(H,11,14);1-3H,4H2. The van der Waals surface area contributed by atoms with E-state index in [1.54, 1.807) is 0 Å². The molecule has 0 aliphatic rings. The zero-order valence-electron chi connectivity index (χ0n) is 24.3. The van der Waals surface area contributed by atoms with Crippen molar-refractivity contribution in [2.45, 2.75) is 24.7 Å². The van der Waals surface area contributed by atoms with Crippen LogP contribution in [0.25, 0.3) is 22.9 Å². The lowest BCUT2D eigenvalue weighted by Gasteiger charge is -2.07. The first kappa shape index (κ1) is 36.4. The summed E-state index contributed by atoms with van der Waals surface area (Å²) in [5, 5.41) is 13.5. The summed E-state index contributed by atoms with van der Waals surface area (Å²) in [5.41, 5.74) is -0.131. The van der Waals surface area contributed by atoms with Crippen LogP contribution in [0.5, 0.6) is 0 Å². The quantitative estimate of drug-likeness (QED) is 0.132. The van der Waals surface area contributed by atoms with Crippen LogP contribution < -0.4 is 11.1 Å². The lowest BCUT2D eigenvalue weighted by atomic mass is 10.2. The van der Waals surface area contributed by atoms with Crippen molar-refractivity contribution in [1.82, 2.24) is 29.9 Å². The van der Waals surface area contributed by atoms with E-state index in [1.807, 2.05) is 0 Å². The third kappa shape index (κ3) is 10.0. The second kappa shape index (κ2) is 16.6. The number of aromatic nitrogens is 6. The molecule has 0 spiro atoms. The Morgan fingerprint density at radius 1 is 0.694 bits per heavy atom. The predicted molar refractivity (Wildman–Crippen MR) is 159 cm³/mol. The molecule has 0 saturated heterocycles. The van der Waals surface area contributed by atoms with Crippen LogP contribution in [0.3, 0.4) is 0 Å². The second-order valence-electron chi connectivity index (χ2n) is 9.42. The molecule has 0 fully saturated rings. The number of alkyl halides is 5. The summed E-state index contributed by atoms with van der Waals surface area (Å²) in [7, 11) is 0. The fraction of sp³-hybridized carbons (Fsp3) is 0.133. The predicted octanol–water partition coefficient (Wildman–Crippen LogP) is 7.38. The summed E-state index contributed by atoms with van der Waals surface area (Å²) in [5.74, 6) is -3.99. The number of halogens is 9. The molecule has 0 atom stereocenters. The van der Waals surface area contributed by atoms with Crippen molar-refractivity contribution >= 4 is 15.9 Å². The van der Waals surface area contributed by atoms with Crippen molar-refractivity contribution in [2.24, 2.45) is 0 Å². The molecule has 1 N–H and O–H groups in total. The van der Waals surface area contributed by atoms with E-state index in [-0.39, 0.29) is 40.8 Å². The molecule has 0 bridgehead atoms. The van der Waals surface area contributed by atoms with Crippen molar-refractivity contribution in [3.63, 3.8) is 0 Å². The summed E-state index contributed by atoms with van der Waals surface area (Å²) in [4.78, 5) is 25.4. The Balaban J connectivity index is 0.000000184. The number of pyridine rings is 2. The molecule has 4 aromatic heterocycles. The minimum absolute atomic E-state index is 0.00243. The van der Waals surface area contributed by atoms with Gasteiger partial charge >= 0.3 is 12.9 Å². The van der Waals surface area contributed by atoms with Gasteiger partial charge in [0.25, 0.3) is 17.3 Å². The van der Waals surface area contributed by atoms with Crippen LogP contribution in [0.4, 0.5) is 35.1 Å². The van der Waals surface area contributed by atoms with Crippen LogP contribution in [0.1, 0.15) is 35.8 Å². The molecule has 0 aliphatic carbocycles. The number of nitrogens with one attached hydrogen (secondary N) is 1. The van der Waals surface area contributed by atoms with E-state index in [2.05, 4.69) is 45.7 Å². The maximum absolute atomic E-state index is 13.6. The van der Waals surface area contributed by atoms with Gasteiger partial charge in [-0.2, -0.15) is 17.6 Å². The molecule has 10 nitrogen and oxygen atoms in total.